The van der Waals surface area contributed by atoms with E-state index in [9.17, 15) is 22.8 Å². The molecule has 0 radical (unpaired) electrons. The molecule has 0 unspecified atom stereocenters. The first-order valence-corrected chi connectivity index (χ1v) is 9.18. The number of likely N-dealkylation sites (tertiary alicyclic amines) is 1. The fourth-order valence-electron chi connectivity index (χ4n) is 4.14. The van der Waals surface area contributed by atoms with Crippen molar-refractivity contribution in [1.29, 1.82) is 0 Å². The molecule has 2 heterocycles. The number of benzene rings is 1. The van der Waals surface area contributed by atoms with Gasteiger partial charge in [0.15, 0.2) is 0 Å². The van der Waals surface area contributed by atoms with Crippen LogP contribution in [0.5, 0.6) is 0 Å². The van der Waals surface area contributed by atoms with E-state index < -0.39 is 23.6 Å². The number of halogens is 3. The molecule has 1 aromatic heterocycles. The molecule has 2 bridgehead atoms. The lowest BCUT2D eigenvalue weighted by Crippen LogP contribution is -2.35. The van der Waals surface area contributed by atoms with Crippen LogP contribution in [-0.4, -0.2) is 29.3 Å². The third kappa shape index (κ3) is 3.63. The van der Waals surface area contributed by atoms with E-state index in [1.165, 1.54) is 24.7 Å². The molecule has 148 valence electrons. The number of alkyl halides is 3. The first kappa shape index (κ1) is 18.6. The highest BCUT2D eigenvalue weighted by atomic mass is 19.4. The van der Waals surface area contributed by atoms with E-state index in [1.54, 1.807) is 4.90 Å². The molecule has 28 heavy (non-hydrogen) atoms. The number of anilines is 1. The lowest BCUT2D eigenvalue weighted by Gasteiger charge is -2.25. The van der Waals surface area contributed by atoms with Crippen LogP contribution < -0.4 is 5.32 Å². The summed E-state index contributed by atoms with van der Waals surface area (Å²) >= 11 is 0. The highest BCUT2D eigenvalue weighted by Crippen LogP contribution is 2.37. The van der Waals surface area contributed by atoms with Crippen LogP contribution in [0.1, 0.15) is 52.0 Å². The van der Waals surface area contributed by atoms with E-state index in [1.807, 2.05) is 0 Å². The molecule has 2 fully saturated rings. The average molecular weight is 392 g/mol. The molecule has 0 spiro atoms. The Labute approximate surface area is 159 Å². The van der Waals surface area contributed by atoms with E-state index in [0.29, 0.717) is 12.5 Å². The van der Waals surface area contributed by atoms with Crippen LogP contribution in [0.3, 0.4) is 0 Å². The summed E-state index contributed by atoms with van der Waals surface area (Å²) in [7, 11) is 0. The highest BCUT2D eigenvalue weighted by molar-refractivity contribution is 6.05. The van der Waals surface area contributed by atoms with Crippen molar-refractivity contribution in [2.75, 3.05) is 11.9 Å². The Hall–Kier alpha value is -2.77. The van der Waals surface area contributed by atoms with Crippen molar-refractivity contribution in [3.05, 3.63) is 53.5 Å². The third-order valence-corrected chi connectivity index (χ3v) is 5.46. The Balaban J connectivity index is 1.64. The minimum absolute atomic E-state index is 0.0649. The van der Waals surface area contributed by atoms with Gasteiger partial charge in [0.1, 0.15) is 6.26 Å². The molecular formula is C20H19F3N2O3. The van der Waals surface area contributed by atoms with Gasteiger partial charge in [-0.1, -0.05) is 6.42 Å². The molecule has 2 amide bonds. The lowest BCUT2D eigenvalue weighted by molar-refractivity contribution is -0.137. The molecule has 1 aliphatic heterocycles. The maximum Gasteiger partial charge on any atom is 0.416 e. The van der Waals surface area contributed by atoms with E-state index >= 15 is 0 Å². The van der Waals surface area contributed by atoms with Crippen LogP contribution >= 0.6 is 0 Å². The number of hydrogen-bond acceptors (Lipinski definition) is 3. The number of hydrogen-bond donors (Lipinski definition) is 1. The minimum Gasteiger partial charge on any atom is -0.472 e. The Morgan fingerprint density at radius 3 is 2.64 bits per heavy atom. The van der Waals surface area contributed by atoms with Crippen molar-refractivity contribution in [2.24, 2.45) is 5.92 Å². The molecule has 1 aromatic carbocycles. The van der Waals surface area contributed by atoms with E-state index in [4.69, 9.17) is 4.42 Å². The fraction of sp³-hybridized carbons (Fsp3) is 0.400. The van der Waals surface area contributed by atoms with Gasteiger partial charge < -0.3 is 14.6 Å². The van der Waals surface area contributed by atoms with Gasteiger partial charge in [-0.25, -0.2) is 0 Å². The summed E-state index contributed by atoms with van der Waals surface area (Å²) in [5.41, 5.74) is -0.932. The second-order valence-electron chi connectivity index (χ2n) is 7.41. The fourth-order valence-corrected chi connectivity index (χ4v) is 4.14. The van der Waals surface area contributed by atoms with Crippen LogP contribution in [0.25, 0.3) is 0 Å². The monoisotopic (exact) mass is 392 g/mol. The van der Waals surface area contributed by atoms with Gasteiger partial charge in [-0.2, -0.15) is 13.2 Å². The predicted octanol–water partition coefficient (Wildman–Crippen LogP) is 4.57. The summed E-state index contributed by atoms with van der Waals surface area (Å²) in [5, 5.41) is 2.42. The van der Waals surface area contributed by atoms with Crippen LogP contribution in [0.2, 0.25) is 0 Å². The van der Waals surface area contributed by atoms with Crippen molar-refractivity contribution in [3.8, 4) is 0 Å². The summed E-state index contributed by atoms with van der Waals surface area (Å²) in [6.07, 6.45) is 1.73. The van der Waals surface area contributed by atoms with Gasteiger partial charge in [0.05, 0.1) is 17.4 Å². The van der Waals surface area contributed by atoms with Gasteiger partial charge in [-0.15, -0.1) is 0 Å². The summed E-state index contributed by atoms with van der Waals surface area (Å²) < 4.78 is 44.9. The molecule has 5 nitrogen and oxygen atoms in total. The summed E-state index contributed by atoms with van der Waals surface area (Å²) in [5.74, 6) is -0.600. The molecule has 2 aromatic rings. The van der Waals surface area contributed by atoms with Gasteiger partial charge in [0.2, 0.25) is 0 Å². The zero-order valence-corrected chi connectivity index (χ0v) is 15.0. The number of fused-ring (bicyclic) bond motifs is 2. The van der Waals surface area contributed by atoms with E-state index in [0.717, 1.165) is 37.8 Å². The molecule has 1 aliphatic carbocycles. The van der Waals surface area contributed by atoms with Crippen molar-refractivity contribution < 1.29 is 27.2 Å². The van der Waals surface area contributed by atoms with E-state index in [-0.39, 0.29) is 22.9 Å². The zero-order chi connectivity index (χ0) is 19.9. The van der Waals surface area contributed by atoms with Crippen molar-refractivity contribution in [3.63, 3.8) is 0 Å². The van der Waals surface area contributed by atoms with Gasteiger partial charge in [-0.05, 0) is 49.4 Å². The van der Waals surface area contributed by atoms with Crippen molar-refractivity contribution in [2.45, 2.75) is 37.9 Å². The maximum absolute atomic E-state index is 13.4. The smallest absolute Gasteiger partial charge is 0.416 e. The van der Waals surface area contributed by atoms with Gasteiger partial charge >= 0.3 is 6.18 Å². The molecule has 4 rings (SSSR count). The average Bonchev–Trinajstić information content (AvgIpc) is 3.28. The SMILES string of the molecule is O=C(Nc1cc(C(=O)N2C[C@@H]3CCC[C@H]2C3)cc(C(F)(F)F)c1)c1ccoc1. The Bertz CT molecular complexity index is 893. The third-order valence-electron chi connectivity index (χ3n) is 5.46. The van der Waals surface area contributed by atoms with Crippen LogP contribution in [-0.2, 0) is 6.18 Å². The number of amides is 2. The first-order valence-electron chi connectivity index (χ1n) is 9.18. The Kier molecular flexibility index (Phi) is 4.64. The summed E-state index contributed by atoms with van der Waals surface area (Å²) in [6.45, 7) is 0.580. The lowest BCUT2D eigenvalue weighted by atomic mass is 9.90. The zero-order valence-electron chi connectivity index (χ0n) is 15.0. The van der Waals surface area contributed by atoms with Gasteiger partial charge in [0.25, 0.3) is 11.8 Å². The summed E-state index contributed by atoms with van der Waals surface area (Å²) in [4.78, 5) is 26.8. The molecule has 1 saturated carbocycles. The highest BCUT2D eigenvalue weighted by Gasteiger charge is 2.39. The molecular weight excluding hydrogens is 373 g/mol. The molecule has 2 aliphatic rings. The second kappa shape index (κ2) is 7.00. The number of nitrogens with one attached hydrogen (secondary N) is 1. The van der Waals surface area contributed by atoms with Gasteiger partial charge in [0, 0.05) is 23.8 Å². The Morgan fingerprint density at radius 2 is 1.96 bits per heavy atom. The van der Waals surface area contributed by atoms with E-state index in [2.05, 4.69) is 5.32 Å². The number of furan rings is 1. The van der Waals surface area contributed by atoms with Crippen molar-refractivity contribution in [1.82, 2.24) is 4.90 Å². The van der Waals surface area contributed by atoms with Crippen LogP contribution in [0.15, 0.2) is 41.2 Å². The summed E-state index contributed by atoms with van der Waals surface area (Å²) in [6, 6.07) is 4.48. The quantitative estimate of drug-likeness (QED) is 0.833. The standard InChI is InChI=1S/C20H19F3N2O3/c21-20(22,23)15-7-14(19(27)25-10-12-2-1-3-17(25)6-12)8-16(9-15)24-18(26)13-4-5-28-11-13/h4-5,7-9,11-12,17H,1-3,6,10H2,(H,24,26)/t12-,17+/m1/s1. The molecule has 8 heteroatoms. The number of nitrogens with zero attached hydrogens (tertiary/aromatic N) is 1. The molecule has 2 atom stereocenters. The Morgan fingerprint density at radius 1 is 1.14 bits per heavy atom. The second-order valence-corrected chi connectivity index (χ2v) is 7.41. The molecule has 1 N–H and O–H groups in total. The minimum atomic E-state index is -4.63. The number of rotatable bonds is 3. The maximum atomic E-state index is 13.4. The topological polar surface area (TPSA) is 62.6 Å². The van der Waals surface area contributed by atoms with Gasteiger partial charge in [-0.3, -0.25) is 9.59 Å². The van der Waals surface area contributed by atoms with Crippen molar-refractivity contribution >= 4 is 17.5 Å². The number of carbonyl (C=O) groups is 2. The van der Waals surface area contributed by atoms with Crippen LogP contribution in [0, 0.1) is 5.92 Å². The largest absolute Gasteiger partial charge is 0.472 e. The normalized spacial score (nSPS) is 21.6. The molecule has 1 saturated heterocycles. The van der Waals surface area contributed by atoms with Crippen LogP contribution in [0.4, 0.5) is 18.9 Å². The first-order chi connectivity index (χ1) is 13.3. The predicted molar refractivity (Wildman–Crippen MR) is 94.9 cm³/mol. The number of carbonyl (C=O) groups excluding carboxylic acids is 2.